The van der Waals surface area contributed by atoms with Crippen molar-refractivity contribution in [1.29, 1.82) is 0 Å². The maximum Gasteiger partial charge on any atom is 0.263 e. The van der Waals surface area contributed by atoms with E-state index in [1.165, 1.54) is 16.8 Å². The van der Waals surface area contributed by atoms with E-state index in [2.05, 4.69) is 20.1 Å². The normalized spacial score (nSPS) is 16.2. The summed E-state index contributed by atoms with van der Waals surface area (Å²) in [4.78, 5) is 17.7. The van der Waals surface area contributed by atoms with Gasteiger partial charge >= 0.3 is 0 Å². The second-order valence-electron chi connectivity index (χ2n) is 8.23. The third-order valence-electron chi connectivity index (χ3n) is 5.53. The lowest BCUT2D eigenvalue weighted by Gasteiger charge is -2.15. The number of hydrogen-bond donors (Lipinski definition) is 2. The van der Waals surface area contributed by atoms with Gasteiger partial charge in [-0.25, -0.2) is 17.5 Å². The van der Waals surface area contributed by atoms with Crippen LogP contribution in [-0.2, 0) is 14.8 Å². The number of hydrogen-bond acceptors (Lipinski definition) is 5. The van der Waals surface area contributed by atoms with Crippen molar-refractivity contribution in [1.82, 2.24) is 14.5 Å². The van der Waals surface area contributed by atoms with Gasteiger partial charge in [-0.05, 0) is 56.7 Å². The van der Waals surface area contributed by atoms with Gasteiger partial charge in [-0.1, -0.05) is 31.9 Å². The molecule has 0 radical (unpaired) electrons. The third-order valence-corrected chi connectivity index (χ3v) is 6.93. The summed E-state index contributed by atoms with van der Waals surface area (Å²) in [6.07, 6.45) is 1.97. The number of benzene rings is 2. The molecule has 1 aliphatic heterocycles. The summed E-state index contributed by atoms with van der Waals surface area (Å²) in [5.41, 5.74) is 2.56. The van der Waals surface area contributed by atoms with Crippen molar-refractivity contribution in [3.63, 3.8) is 0 Å². The molecule has 1 amide bonds. The van der Waals surface area contributed by atoms with Gasteiger partial charge in [-0.2, -0.15) is 5.10 Å². The van der Waals surface area contributed by atoms with Crippen molar-refractivity contribution in [2.75, 3.05) is 5.32 Å². The molecule has 0 saturated carbocycles. The number of carbonyl (C=O) groups excluding carboxylic acids is 1. The highest BCUT2D eigenvalue weighted by Gasteiger charge is 2.31. The van der Waals surface area contributed by atoms with Crippen molar-refractivity contribution in [2.45, 2.75) is 51.0 Å². The average Bonchev–Trinajstić information content (AvgIpc) is 3.26. The molecule has 2 N–H and O–H groups in total. The van der Waals surface area contributed by atoms with Crippen molar-refractivity contribution in [3.8, 4) is 5.69 Å². The second kappa shape index (κ2) is 9.38. The predicted octanol–water partition coefficient (Wildman–Crippen LogP) is 3.86. The molecule has 0 spiro atoms. The minimum atomic E-state index is -3.71. The molecule has 178 valence electrons. The Hall–Kier alpha value is -3.53. The molecular formula is C24H26FN5O3S. The van der Waals surface area contributed by atoms with Gasteiger partial charge in [-0.3, -0.25) is 14.5 Å². The maximum atomic E-state index is 14.8. The van der Waals surface area contributed by atoms with Crippen LogP contribution in [0.5, 0.6) is 0 Å². The van der Waals surface area contributed by atoms with Crippen LogP contribution in [0.15, 0.2) is 58.4 Å². The number of aliphatic imine (C=N–C) groups is 1. The van der Waals surface area contributed by atoms with Crippen molar-refractivity contribution < 1.29 is 17.6 Å². The van der Waals surface area contributed by atoms with Crippen molar-refractivity contribution in [3.05, 3.63) is 71.3 Å². The monoisotopic (exact) mass is 483 g/mol. The van der Waals surface area contributed by atoms with Crippen LogP contribution in [0, 0.1) is 19.7 Å². The van der Waals surface area contributed by atoms with Gasteiger partial charge in [0.15, 0.2) is 5.82 Å². The molecule has 2 aromatic carbocycles. The summed E-state index contributed by atoms with van der Waals surface area (Å²) in [7, 11) is -3.71. The Morgan fingerprint density at radius 3 is 2.65 bits per heavy atom. The summed E-state index contributed by atoms with van der Waals surface area (Å²) >= 11 is 0. The first-order chi connectivity index (χ1) is 16.2. The average molecular weight is 484 g/mol. The zero-order chi connectivity index (χ0) is 24.5. The highest BCUT2D eigenvalue weighted by Crippen LogP contribution is 2.24. The fourth-order valence-electron chi connectivity index (χ4n) is 3.89. The number of rotatable bonds is 7. The number of aryl methyl sites for hydroxylation is 2. The third kappa shape index (κ3) is 4.72. The number of anilines is 1. The lowest BCUT2D eigenvalue weighted by molar-refractivity contribution is -0.117. The number of nitrogens with one attached hydrogen (secondary N) is 2. The van der Waals surface area contributed by atoms with Crippen molar-refractivity contribution >= 4 is 27.5 Å². The van der Waals surface area contributed by atoms with Gasteiger partial charge in [0.2, 0.25) is 5.91 Å². The summed E-state index contributed by atoms with van der Waals surface area (Å²) in [6.45, 7) is 5.65. The first kappa shape index (κ1) is 23.6. The molecule has 1 unspecified atom stereocenters. The number of fused-ring (bicyclic) bond motifs is 1. The number of amidine groups is 1. The van der Waals surface area contributed by atoms with E-state index in [1.807, 2.05) is 26.8 Å². The molecule has 0 fully saturated rings. The van der Waals surface area contributed by atoms with Crippen LogP contribution in [0.25, 0.3) is 5.69 Å². The van der Waals surface area contributed by atoms with Crippen LogP contribution < -0.4 is 10.0 Å². The van der Waals surface area contributed by atoms with Gasteiger partial charge < -0.3 is 5.32 Å². The van der Waals surface area contributed by atoms with Crippen LogP contribution in [0.1, 0.15) is 43.1 Å². The molecule has 34 heavy (non-hydrogen) atoms. The molecule has 8 nitrogen and oxygen atoms in total. The second-order valence-corrected chi connectivity index (χ2v) is 9.88. The summed E-state index contributed by atoms with van der Waals surface area (Å²) in [5.74, 6) is -0.835. The lowest BCUT2D eigenvalue weighted by Crippen LogP contribution is -2.30. The standard InChI is InChI=1S/C24H26FN5O3S/c1-4-5-9-20(27-23-18-8-6-7-10-22(18)34(32,33)29-23)24(31)26-17-11-12-21(19(25)14-17)30-16(3)13-15(2)28-30/h6-8,10-14,20H,4-5,9H2,1-3H3,(H,26,31)(H,27,29). The van der Waals surface area contributed by atoms with Crippen molar-refractivity contribution in [2.24, 2.45) is 4.99 Å². The highest BCUT2D eigenvalue weighted by atomic mass is 32.2. The van der Waals surface area contributed by atoms with E-state index in [-0.39, 0.29) is 22.1 Å². The fraction of sp³-hybridized carbons (Fsp3) is 0.292. The van der Waals surface area contributed by atoms with Gasteiger partial charge in [-0.15, -0.1) is 0 Å². The SMILES string of the molecule is CCCCC(N=C1NS(=O)(=O)c2ccccc21)C(=O)Nc1ccc(-n2nc(C)cc2C)c(F)c1. The Morgan fingerprint density at radius 2 is 1.97 bits per heavy atom. The molecule has 1 atom stereocenters. The molecule has 0 aliphatic carbocycles. The van der Waals surface area contributed by atoms with E-state index in [1.54, 1.807) is 30.3 Å². The van der Waals surface area contributed by atoms with E-state index in [4.69, 9.17) is 0 Å². The molecule has 1 aromatic heterocycles. The molecule has 10 heteroatoms. The number of nitrogens with zero attached hydrogens (tertiary/aromatic N) is 3. The first-order valence-corrected chi connectivity index (χ1v) is 12.5. The number of sulfonamides is 1. The quantitative estimate of drug-likeness (QED) is 0.532. The zero-order valence-corrected chi connectivity index (χ0v) is 20.0. The molecule has 2 heterocycles. The Morgan fingerprint density at radius 1 is 1.21 bits per heavy atom. The largest absolute Gasteiger partial charge is 0.324 e. The van der Waals surface area contributed by atoms with Gasteiger partial charge in [0, 0.05) is 16.9 Å². The maximum absolute atomic E-state index is 14.8. The van der Waals surface area contributed by atoms with Gasteiger partial charge in [0.25, 0.3) is 10.0 Å². The Kier molecular flexibility index (Phi) is 6.52. The molecule has 0 saturated heterocycles. The molecule has 0 bridgehead atoms. The van der Waals surface area contributed by atoms with E-state index < -0.39 is 27.8 Å². The van der Waals surface area contributed by atoms with E-state index in [0.29, 0.717) is 18.4 Å². The minimum Gasteiger partial charge on any atom is -0.324 e. The Bertz CT molecular complexity index is 1380. The van der Waals surface area contributed by atoms with Crippen LogP contribution in [0.4, 0.5) is 10.1 Å². The summed E-state index contributed by atoms with van der Waals surface area (Å²) in [6, 6.07) is 11.9. The smallest absolute Gasteiger partial charge is 0.263 e. The minimum absolute atomic E-state index is 0.130. The van der Waals surface area contributed by atoms with E-state index >= 15 is 0 Å². The Balaban J connectivity index is 1.59. The lowest BCUT2D eigenvalue weighted by atomic mass is 10.1. The number of carbonyl (C=O) groups is 1. The Labute approximate surface area is 198 Å². The first-order valence-electron chi connectivity index (χ1n) is 11.0. The van der Waals surface area contributed by atoms with E-state index in [9.17, 15) is 17.6 Å². The van der Waals surface area contributed by atoms with Crippen LogP contribution in [-0.4, -0.2) is 36.0 Å². The topological polar surface area (TPSA) is 105 Å². The molecular weight excluding hydrogens is 457 g/mol. The highest BCUT2D eigenvalue weighted by molar-refractivity contribution is 7.90. The van der Waals surface area contributed by atoms with Gasteiger partial charge in [0.05, 0.1) is 10.6 Å². The number of unbranched alkanes of at least 4 members (excludes halogenated alkanes) is 1. The van der Waals surface area contributed by atoms with Crippen LogP contribution in [0.3, 0.4) is 0 Å². The number of halogens is 1. The molecule has 3 aromatic rings. The predicted molar refractivity (Wildman–Crippen MR) is 128 cm³/mol. The van der Waals surface area contributed by atoms with Gasteiger partial charge in [0.1, 0.15) is 17.6 Å². The number of aromatic nitrogens is 2. The zero-order valence-electron chi connectivity index (χ0n) is 19.2. The summed E-state index contributed by atoms with van der Waals surface area (Å²) in [5, 5.41) is 7.01. The fourth-order valence-corrected chi connectivity index (χ4v) is 5.13. The van der Waals surface area contributed by atoms with Crippen LogP contribution >= 0.6 is 0 Å². The summed E-state index contributed by atoms with van der Waals surface area (Å²) < 4.78 is 43.6. The number of amides is 1. The molecule has 4 rings (SSSR count). The van der Waals surface area contributed by atoms with E-state index in [0.717, 1.165) is 17.8 Å². The van der Waals surface area contributed by atoms with Crippen LogP contribution in [0.2, 0.25) is 0 Å². The molecule has 1 aliphatic rings.